The minimum atomic E-state index is -0.340. The molecule has 2 amide bonds. The van der Waals surface area contributed by atoms with Gasteiger partial charge in [-0.15, -0.1) is 0 Å². The summed E-state index contributed by atoms with van der Waals surface area (Å²) < 4.78 is 5.04. The first-order chi connectivity index (χ1) is 8.35. The lowest BCUT2D eigenvalue weighted by Crippen LogP contribution is -2.40. The third kappa shape index (κ3) is 3.32. The van der Waals surface area contributed by atoms with Crippen LogP contribution < -0.4 is 10.6 Å². The highest BCUT2D eigenvalue weighted by Crippen LogP contribution is 2.30. The van der Waals surface area contributed by atoms with Crippen molar-refractivity contribution < 1.29 is 14.0 Å². The van der Waals surface area contributed by atoms with Crippen LogP contribution in [-0.4, -0.2) is 22.3 Å². The molecule has 6 nitrogen and oxygen atoms in total. The fourth-order valence-corrected chi connectivity index (χ4v) is 1.39. The van der Waals surface area contributed by atoms with Gasteiger partial charge < -0.3 is 9.73 Å². The monoisotopic (exact) mass is 251 g/mol. The normalized spacial score (nSPS) is 15.3. The lowest BCUT2D eigenvalue weighted by molar-refractivity contribution is -0.117. The van der Waals surface area contributed by atoms with E-state index in [9.17, 15) is 9.59 Å². The molecule has 0 bridgehead atoms. The highest BCUT2D eigenvalue weighted by atomic mass is 16.4. The Hall–Kier alpha value is -1.85. The van der Waals surface area contributed by atoms with Gasteiger partial charge in [0.2, 0.25) is 5.91 Å². The summed E-state index contributed by atoms with van der Waals surface area (Å²) in [5, 5.41) is 5.31. The topological polar surface area (TPSA) is 84.2 Å². The molecule has 6 heteroatoms. The van der Waals surface area contributed by atoms with Gasteiger partial charge in [-0.3, -0.25) is 14.9 Å². The number of carbonyl (C=O) groups excluding carboxylic acids is 2. The smallest absolute Gasteiger partial charge is 0.302 e. The molecule has 0 atom stereocenters. The molecule has 0 aromatic carbocycles. The van der Waals surface area contributed by atoms with Crippen molar-refractivity contribution in [2.24, 2.45) is 5.92 Å². The molecule has 0 saturated heterocycles. The number of amides is 2. The van der Waals surface area contributed by atoms with Gasteiger partial charge in [-0.1, -0.05) is 0 Å². The van der Waals surface area contributed by atoms with Crippen LogP contribution in [0.2, 0.25) is 0 Å². The number of carbonyl (C=O) groups is 2. The van der Waals surface area contributed by atoms with Crippen LogP contribution in [0, 0.1) is 5.92 Å². The largest absolute Gasteiger partial charge is 0.431 e. The molecule has 0 radical (unpaired) electrons. The number of nitrogens with zero attached hydrogens (tertiary/aromatic N) is 1. The van der Waals surface area contributed by atoms with E-state index in [1.54, 1.807) is 0 Å². The fraction of sp³-hybridized carbons (Fsp3) is 0.583. The van der Waals surface area contributed by atoms with Gasteiger partial charge in [0.05, 0.1) is 0 Å². The van der Waals surface area contributed by atoms with Crippen molar-refractivity contribution in [1.82, 2.24) is 10.3 Å². The SMILES string of the molecule is CC(C)(C)NC(=O)c1coc(NC(=O)C2CC2)n1. The van der Waals surface area contributed by atoms with Gasteiger partial charge in [-0.2, -0.15) is 4.98 Å². The predicted molar refractivity (Wildman–Crippen MR) is 65.1 cm³/mol. The van der Waals surface area contributed by atoms with Gasteiger partial charge in [0.25, 0.3) is 5.91 Å². The Morgan fingerprint density at radius 1 is 1.39 bits per heavy atom. The van der Waals surface area contributed by atoms with Crippen LogP contribution in [0.15, 0.2) is 10.7 Å². The molecule has 2 N–H and O–H groups in total. The highest BCUT2D eigenvalue weighted by Gasteiger charge is 2.30. The van der Waals surface area contributed by atoms with E-state index in [4.69, 9.17) is 4.42 Å². The van der Waals surface area contributed by atoms with Crippen LogP contribution >= 0.6 is 0 Å². The molecular weight excluding hydrogens is 234 g/mol. The van der Waals surface area contributed by atoms with Gasteiger partial charge in [0.15, 0.2) is 5.69 Å². The zero-order valence-electron chi connectivity index (χ0n) is 10.7. The number of oxazole rings is 1. The number of rotatable bonds is 3. The second-order valence-corrected chi connectivity index (χ2v) is 5.51. The maximum atomic E-state index is 11.8. The van der Waals surface area contributed by atoms with E-state index in [2.05, 4.69) is 15.6 Å². The first-order valence-corrected chi connectivity index (χ1v) is 5.94. The van der Waals surface area contributed by atoms with Gasteiger partial charge in [0.1, 0.15) is 6.26 Å². The lowest BCUT2D eigenvalue weighted by Gasteiger charge is -2.19. The average molecular weight is 251 g/mol. The van der Waals surface area contributed by atoms with Crippen LogP contribution in [0.3, 0.4) is 0 Å². The lowest BCUT2D eigenvalue weighted by atomic mass is 10.1. The number of anilines is 1. The summed E-state index contributed by atoms with van der Waals surface area (Å²) >= 11 is 0. The standard InChI is InChI=1S/C12H17N3O3/c1-12(2,3)15-10(17)8-6-18-11(13-8)14-9(16)7-4-5-7/h6-7H,4-5H2,1-3H3,(H,15,17)(H,13,14,16). The minimum Gasteiger partial charge on any atom is -0.431 e. The van der Waals surface area contributed by atoms with E-state index in [1.165, 1.54) is 6.26 Å². The zero-order chi connectivity index (χ0) is 13.3. The van der Waals surface area contributed by atoms with Gasteiger partial charge >= 0.3 is 6.01 Å². The van der Waals surface area contributed by atoms with E-state index < -0.39 is 0 Å². The summed E-state index contributed by atoms with van der Waals surface area (Å²) in [7, 11) is 0. The van der Waals surface area contributed by atoms with E-state index in [1.807, 2.05) is 20.8 Å². The van der Waals surface area contributed by atoms with Crippen molar-refractivity contribution in [3.63, 3.8) is 0 Å². The van der Waals surface area contributed by atoms with Crippen molar-refractivity contribution in [1.29, 1.82) is 0 Å². The molecule has 0 spiro atoms. The van der Waals surface area contributed by atoms with Crippen LogP contribution in [0.4, 0.5) is 6.01 Å². The van der Waals surface area contributed by atoms with Crippen molar-refractivity contribution in [2.45, 2.75) is 39.2 Å². The zero-order valence-corrected chi connectivity index (χ0v) is 10.7. The quantitative estimate of drug-likeness (QED) is 0.853. The molecule has 1 aliphatic carbocycles. The van der Waals surface area contributed by atoms with E-state index >= 15 is 0 Å². The van der Waals surface area contributed by atoms with Crippen molar-refractivity contribution in [2.75, 3.05) is 5.32 Å². The molecule has 1 aromatic heterocycles. The molecule has 1 saturated carbocycles. The Balaban J connectivity index is 1.96. The molecule has 0 unspecified atom stereocenters. The number of aromatic nitrogens is 1. The molecule has 0 aliphatic heterocycles. The highest BCUT2D eigenvalue weighted by molar-refractivity contribution is 5.95. The Morgan fingerprint density at radius 2 is 2.06 bits per heavy atom. The second kappa shape index (κ2) is 4.44. The van der Waals surface area contributed by atoms with Crippen molar-refractivity contribution in [3.8, 4) is 0 Å². The Kier molecular flexibility index (Phi) is 3.11. The predicted octanol–water partition coefficient (Wildman–Crippen LogP) is 1.55. The maximum Gasteiger partial charge on any atom is 0.302 e. The van der Waals surface area contributed by atoms with Crippen LogP contribution in [0.5, 0.6) is 0 Å². The van der Waals surface area contributed by atoms with Crippen LogP contribution in [0.25, 0.3) is 0 Å². The van der Waals surface area contributed by atoms with Gasteiger partial charge in [-0.25, -0.2) is 0 Å². The Morgan fingerprint density at radius 3 is 2.61 bits per heavy atom. The maximum absolute atomic E-state index is 11.8. The fourth-order valence-electron chi connectivity index (χ4n) is 1.39. The first-order valence-electron chi connectivity index (χ1n) is 5.94. The molecule has 1 aromatic rings. The van der Waals surface area contributed by atoms with Crippen molar-refractivity contribution in [3.05, 3.63) is 12.0 Å². The number of hydrogen-bond acceptors (Lipinski definition) is 4. The van der Waals surface area contributed by atoms with Crippen LogP contribution in [-0.2, 0) is 4.79 Å². The van der Waals surface area contributed by atoms with E-state index in [-0.39, 0.29) is 35.0 Å². The number of hydrogen-bond donors (Lipinski definition) is 2. The van der Waals surface area contributed by atoms with E-state index in [0.29, 0.717) is 0 Å². The second-order valence-electron chi connectivity index (χ2n) is 5.51. The summed E-state index contributed by atoms with van der Waals surface area (Å²) in [4.78, 5) is 27.2. The Bertz CT molecular complexity index is 469. The van der Waals surface area contributed by atoms with Gasteiger partial charge in [-0.05, 0) is 33.6 Å². The minimum absolute atomic E-state index is 0.0729. The molecular formula is C12H17N3O3. The Labute approximate surface area is 105 Å². The van der Waals surface area contributed by atoms with Crippen LogP contribution in [0.1, 0.15) is 44.1 Å². The summed E-state index contributed by atoms with van der Waals surface area (Å²) in [6.07, 6.45) is 3.05. The van der Waals surface area contributed by atoms with Gasteiger partial charge in [0, 0.05) is 11.5 Å². The summed E-state index contributed by atoms with van der Waals surface area (Å²) in [5.74, 6) is -0.346. The van der Waals surface area contributed by atoms with E-state index in [0.717, 1.165) is 12.8 Å². The van der Waals surface area contributed by atoms with Crippen molar-refractivity contribution >= 4 is 17.8 Å². The number of nitrogens with one attached hydrogen (secondary N) is 2. The third-order valence-electron chi connectivity index (χ3n) is 2.40. The molecule has 1 aliphatic rings. The summed E-state index contributed by atoms with van der Waals surface area (Å²) in [5.41, 5.74) is -0.177. The first kappa shape index (κ1) is 12.6. The summed E-state index contributed by atoms with van der Waals surface area (Å²) in [6.45, 7) is 5.63. The molecule has 1 fully saturated rings. The molecule has 1 heterocycles. The third-order valence-corrected chi connectivity index (χ3v) is 2.40. The molecule has 18 heavy (non-hydrogen) atoms. The summed E-state index contributed by atoms with van der Waals surface area (Å²) in [6, 6.07) is 0.0750. The molecule has 98 valence electrons. The molecule has 2 rings (SSSR count). The average Bonchev–Trinajstić information content (AvgIpc) is 2.97.